The highest BCUT2D eigenvalue weighted by atomic mass is 127. The summed E-state index contributed by atoms with van der Waals surface area (Å²) in [5, 5.41) is 6.54. The zero-order valence-corrected chi connectivity index (χ0v) is 10.7. The lowest BCUT2D eigenvalue weighted by Crippen LogP contribution is -1.86. The molecule has 72 valence electrons. The van der Waals surface area contributed by atoms with E-state index in [4.69, 9.17) is 5.73 Å². The van der Waals surface area contributed by atoms with Crippen LogP contribution in [0.4, 0.5) is 5.95 Å². The number of aromatic nitrogens is 3. The Hall–Kier alpha value is -0.630. The summed E-state index contributed by atoms with van der Waals surface area (Å²) < 4.78 is 2.14. The molecule has 0 unspecified atom stereocenters. The van der Waals surface area contributed by atoms with Crippen LogP contribution in [0.5, 0.6) is 0 Å². The van der Waals surface area contributed by atoms with E-state index in [1.807, 2.05) is 18.2 Å². The van der Waals surface area contributed by atoms with Crippen molar-refractivity contribution in [3.63, 3.8) is 0 Å². The molecule has 0 aliphatic rings. The quantitative estimate of drug-likeness (QED) is 0.763. The van der Waals surface area contributed by atoms with Gasteiger partial charge in [0.25, 0.3) is 0 Å². The summed E-state index contributed by atoms with van der Waals surface area (Å²) in [7, 11) is 0. The lowest BCUT2D eigenvalue weighted by molar-refractivity contribution is 1.10. The van der Waals surface area contributed by atoms with Gasteiger partial charge < -0.3 is 5.73 Å². The van der Waals surface area contributed by atoms with Crippen LogP contribution in [0.3, 0.4) is 0 Å². The molecule has 1 aromatic carbocycles. The minimum absolute atomic E-state index is 0.259. The lowest BCUT2D eigenvalue weighted by Gasteiger charge is -1.98. The van der Waals surface area contributed by atoms with E-state index in [-0.39, 0.29) is 5.95 Å². The molecule has 4 nitrogen and oxygen atoms in total. The highest BCUT2D eigenvalue weighted by molar-refractivity contribution is 14.1. The Balaban J connectivity index is 2.51. The van der Waals surface area contributed by atoms with Crippen LogP contribution in [0.1, 0.15) is 0 Å². The Morgan fingerprint density at radius 1 is 1.36 bits per heavy atom. The van der Waals surface area contributed by atoms with Gasteiger partial charge in [0, 0.05) is 13.6 Å². The van der Waals surface area contributed by atoms with E-state index in [0.29, 0.717) is 5.82 Å². The first-order chi connectivity index (χ1) is 6.65. The molecule has 6 heteroatoms. The average molecular weight is 365 g/mol. The third-order valence-corrected chi connectivity index (χ3v) is 2.72. The van der Waals surface area contributed by atoms with Gasteiger partial charge in [-0.15, -0.1) is 5.10 Å². The van der Waals surface area contributed by atoms with Crippen molar-refractivity contribution >= 4 is 44.5 Å². The van der Waals surface area contributed by atoms with Gasteiger partial charge in [-0.05, 0) is 40.8 Å². The third-order valence-electron chi connectivity index (χ3n) is 1.64. The number of rotatable bonds is 1. The normalized spacial score (nSPS) is 10.4. The summed E-state index contributed by atoms with van der Waals surface area (Å²) in [5.41, 5.74) is 6.39. The molecule has 1 heterocycles. The van der Waals surface area contributed by atoms with Crippen LogP contribution < -0.4 is 5.73 Å². The van der Waals surface area contributed by atoms with Crippen LogP contribution in [0.15, 0.2) is 22.7 Å². The first-order valence-electron chi connectivity index (χ1n) is 3.79. The maximum atomic E-state index is 5.42. The molecule has 0 saturated carbocycles. The molecule has 0 bridgehead atoms. The zero-order chi connectivity index (χ0) is 10.1. The summed E-state index contributed by atoms with van der Waals surface area (Å²) in [6.45, 7) is 0. The van der Waals surface area contributed by atoms with Crippen molar-refractivity contribution < 1.29 is 0 Å². The fourth-order valence-electron chi connectivity index (χ4n) is 1.09. The van der Waals surface area contributed by atoms with Crippen molar-refractivity contribution in [1.29, 1.82) is 0 Å². The van der Waals surface area contributed by atoms with Crippen LogP contribution in [-0.4, -0.2) is 15.2 Å². The molecule has 0 fully saturated rings. The molecule has 3 N–H and O–H groups in total. The van der Waals surface area contributed by atoms with Gasteiger partial charge in [-0.1, -0.05) is 15.9 Å². The van der Waals surface area contributed by atoms with E-state index < -0.39 is 0 Å². The number of anilines is 1. The Bertz CT molecular complexity index is 448. The molecule has 0 radical (unpaired) electrons. The Kier molecular flexibility index (Phi) is 2.73. The summed E-state index contributed by atoms with van der Waals surface area (Å²) >= 11 is 5.66. The molecule has 0 aliphatic carbocycles. The zero-order valence-electron chi connectivity index (χ0n) is 6.96. The number of H-pyrrole nitrogens is 1. The number of benzene rings is 1. The second kappa shape index (κ2) is 3.85. The van der Waals surface area contributed by atoms with Crippen molar-refractivity contribution in [1.82, 2.24) is 15.2 Å². The van der Waals surface area contributed by atoms with E-state index in [0.717, 1.165) is 13.6 Å². The Labute approximate surface area is 103 Å². The highest BCUT2D eigenvalue weighted by Crippen LogP contribution is 2.23. The van der Waals surface area contributed by atoms with Gasteiger partial charge in [-0.3, -0.25) is 5.10 Å². The van der Waals surface area contributed by atoms with Crippen LogP contribution >= 0.6 is 38.5 Å². The second-order valence-corrected chi connectivity index (χ2v) is 4.86. The van der Waals surface area contributed by atoms with E-state index in [1.54, 1.807) is 0 Å². The largest absolute Gasteiger partial charge is 0.366 e. The number of nitrogens with two attached hydrogens (primary N) is 1. The Morgan fingerprint density at radius 2 is 2.14 bits per heavy atom. The number of halogens is 2. The lowest BCUT2D eigenvalue weighted by atomic mass is 10.2. The van der Waals surface area contributed by atoms with Gasteiger partial charge in [0.05, 0.1) is 0 Å². The molecular formula is C8H6BrIN4. The number of hydrogen-bond donors (Lipinski definition) is 2. The fourth-order valence-corrected chi connectivity index (χ4v) is 2.69. The number of nitrogens with one attached hydrogen (secondary N) is 1. The number of nitrogens with zero attached hydrogens (tertiary/aromatic N) is 2. The van der Waals surface area contributed by atoms with Crippen LogP contribution in [0.25, 0.3) is 11.4 Å². The minimum atomic E-state index is 0.259. The molecule has 2 rings (SSSR count). The van der Waals surface area contributed by atoms with Gasteiger partial charge in [0.2, 0.25) is 5.95 Å². The molecular weight excluding hydrogens is 359 g/mol. The third kappa shape index (κ3) is 2.06. The summed E-state index contributed by atoms with van der Waals surface area (Å²) in [5.74, 6) is 0.941. The van der Waals surface area contributed by atoms with Gasteiger partial charge in [-0.2, -0.15) is 4.98 Å². The van der Waals surface area contributed by atoms with Crippen molar-refractivity contribution in [2.45, 2.75) is 0 Å². The molecule has 2 aromatic rings. The van der Waals surface area contributed by atoms with Crippen molar-refractivity contribution in [2.75, 3.05) is 5.73 Å². The van der Waals surface area contributed by atoms with Gasteiger partial charge >= 0.3 is 0 Å². The average Bonchev–Trinajstić information content (AvgIpc) is 2.50. The van der Waals surface area contributed by atoms with Crippen molar-refractivity contribution in [2.24, 2.45) is 0 Å². The van der Waals surface area contributed by atoms with Crippen LogP contribution in [-0.2, 0) is 0 Å². The van der Waals surface area contributed by atoms with Crippen LogP contribution in [0.2, 0.25) is 0 Å². The molecule has 0 spiro atoms. The van der Waals surface area contributed by atoms with E-state index >= 15 is 0 Å². The topological polar surface area (TPSA) is 67.6 Å². The SMILES string of the molecule is Nc1n[nH]c(-c2cc(Br)cc(I)c2)n1. The first-order valence-corrected chi connectivity index (χ1v) is 5.66. The maximum Gasteiger partial charge on any atom is 0.239 e. The molecule has 0 amide bonds. The number of aromatic amines is 1. The minimum Gasteiger partial charge on any atom is -0.366 e. The monoisotopic (exact) mass is 364 g/mol. The summed E-state index contributed by atoms with van der Waals surface area (Å²) in [6, 6.07) is 5.98. The van der Waals surface area contributed by atoms with Gasteiger partial charge in [-0.25, -0.2) is 0 Å². The van der Waals surface area contributed by atoms with Gasteiger partial charge in [0.1, 0.15) is 0 Å². The van der Waals surface area contributed by atoms with E-state index in [2.05, 4.69) is 53.7 Å². The molecule has 0 aliphatic heterocycles. The van der Waals surface area contributed by atoms with Crippen LogP contribution in [0, 0.1) is 3.57 Å². The standard InChI is InChI=1S/C8H6BrIN4/c9-5-1-4(2-6(10)3-5)7-12-8(11)14-13-7/h1-3H,(H3,11,12,13,14). The molecule has 14 heavy (non-hydrogen) atoms. The maximum absolute atomic E-state index is 5.42. The molecule has 1 aromatic heterocycles. The van der Waals surface area contributed by atoms with E-state index in [9.17, 15) is 0 Å². The summed E-state index contributed by atoms with van der Waals surface area (Å²) in [4.78, 5) is 4.05. The van der Waals surface area contributed by atoms with Crippen molar-refractivity contribution in [3.8, 4) is 11.4 Å². The molecule has 0 atom stereocenters. The number of hydrogen-bond acceptors (Lipinski definition) is 3. The predicted octanol–water partition coefficient (Wildman–Crippen LogP) is 2.42. The fraction of sp³-hybridized carbons (Fsp3) is 0. The number of nitrogen functional groups attached to an aromatic ring is 1. The predicted molar refractivity (Wildman–Crippen MR) is 66.6 cm³/mol. The first kappa shape index (κ1) is 9.91. The van der Waals surface area contributed by atoms with E-state index in [1.165, 1.54) is 0 Å². The van der Waals surface area contributed by atoms with Crippen molar-refractivity contribution in [3.05, 3.63) is 26.2 Å². The summed E-state index contributed by atoms with van der Waals surface area (Å²) in [6.07, 6.45) is 0. The molecule has 0 saturated heterocycles. The second-order valence-electron chi connectivity index (χ2n) is 2.70. The Morgan fingerprint density at radius 3 is 2.71 bits per heavy atom. The smallest absolute Gasteiger partial charge is 0.239 e. The highest BCUT2D eigenvalue weighted by Gasteiger charge is 2.04. The van der Waals surface area contributed by atoms with Gasteiger partial charge in [0.15, 0.2) is 5.82 Å².